The third-order valence-corrected chi connectivity index (χ3v) is 5.13. The van der Waals surface area contributed by atoms with Crippen LogP contribution in [0.15, 0.2) is 51.9 Å². The molecule has 2 heterocycles. The minimum atomic E-state index is -0.0816. The van der Waals surface area contributed by atoms with Crippen LogP contribution in [0.3, 0.4) is 0 Å². The molecule has 6 heteroatoms. The number of hydrogen-bond donors (Lipinski definition) is 1. The lowest BCUT2D eigenvalue weighted by molar-refractivity contribution is -0.122. The summed E-state index contributed by atoms with van der Waals surface area (Å²) in [5, 5.41) is 11.2. The van der Waals surface area contributed by atoms with Gasteiger partial charge in [0.05, 0.1) is 11.6 Å². The van der Waals surface area contributed by atoms with E-state index in [1.54, 1.807) is 0 Å². The van der Waals surface area contributed by atoms with E-state index in [0.29, 0.717) is 16.6 Å². The summed E-state index contributed by atoms with van der Waals surface area (Å²) in [5.74, 6) is -0.0816. The molecule has 1 aromatic rings. The van der Waals surface area contributed by atoms with E-state index in [1.165, 1.54) is 28.4 Å². The van der Waals surface area contributed by atoms with Crippen LogP contribution in [-0.4, -0.2) is 27.9 Å². The maximum Gasteiger partial charge on any atom is 0.269 e. The molecule has 1 saturated heterocycles. The van der Waals surface area contributed by atoms with Gasteiger partial charge in [0.25, 0.3) is 5.91 Å². The highest BCUT2D eigenvalue weighted by Crippen LogP contribution is 2.40. The number of thioether (sulfide) groups is 2. The van der Waals surface area contributed by atoms with Crippen LogP contribution in [0, 0.1) is 5.41 Å². The summed E-state index contributed by atoms with van der Waals surface area (Å²) in [4.78, 5) is 16.6. The van der Waals surface area contributed by atoms with Gasteiger partial charge in [-0.1, -0.05) is 42.1 Å². The summed E-state index contributed by atoms with van der Waals surface area (Å²) in [6.07, 6.45) is 1.92. The van der Waals surface area contributed by atoms with E-state index in [0.717, 1.165) is 10.6 Å². The van der Waals surface area contributed by atoms with Crippen LogP contribution in [0.2, 0.25) is 0 Å². The summed E-state index contributed by atoms with van der Waals surface area (Å²) in [7, 11) is 1.91. The Bertz CT molecular complexity index is 625. The van der Waals surface area contributed by atoms with Gasteiger partial charge in [-0.25, -0.2) is 0 Å². The van der Waals surface area contributed by atoms with Crippen molar-refractivity contribution in [2.75, 3.05) is 7.05 Å². The molecule has 1 N–H and O–H groups in total. The molecule has 1 fully saturated rings. The molecule has 1 amide bonds. The monoisotopic (exact) mass is 303 g/mol. The zero-order valence-electron chi connectivity index (χ0n) is 10.9. The average molecular weight is 303 g/mol. The van der Waals surface area contributed by atoms with E-state index in [1.807, 2.05) is 53.9 Å². The molecule has 0 aromatic heterocycles. The second kappa shape index (κ2) is 5.38. The molecule has 20 heavy (non-hydrogen) atoms. The van der Waals surface area contributed by atoms with Gasteiger partial charge in [-0.2, -0.15) is 0 Å². The number of carbonyl (C=O) groups excluding carboxylic acids is 1. The predicted octanol–water partition coefficient (Wildman–Crippen LogP) is 3.02. The first kappa shape index (κ1) is 13.3. The Hall–Kier alpha value is -1.66. The number of carbonyl (C=O) groups is 1. The molecule has 0 spiro atoms. The minimum absolute atomic E-state index is 0.0816. The molecule has 0 atom stereocenters. The van der Waals surface area contributed by atoms with Crippen LogP contribution in [0.4, 0.5) is 0 Å². The van der Waals surface area contributed by atoms with Crippen molar-refractivity contribution in [3.8, 4) is 0 Å². The molecule has 102 valence electrons. The molecule has 2 aliphatic rings. The van der Waals surface area contributed by atoms with Crippen molar-refractivity contribution < 1.29 is 4.79 Å². The van der Waals surface area contributed by atoms with Crippen molar-refractivity contribution in [1.29, 1.82) is 5.41 Å². The van der Waals surface area contributed by atoms with E-state index in [-0.39, 0.29) is 5.91 Å². The summed E-state index contributed by atoms with van der Waals surface area (Å²) >= 11 is 2.76. The topological polar surface area (TPSA) is 47.4 Å². The molecule has 0 saturated carbocycles. The number of rotatable bonds is 2. The van der Waals surface area contributed by atoms with Gasteiger partial charge in [0.2, 0.25) is 0 Å². The Morgan fingerprint density at radius 3 is 2.65 bits per heavy atom. The van der Waals surface area contributed by atoms with Crippen LogP contribution < -0.4 is 0 Å². The standard InChI is InChI=1S/C14H13N3OS2/c1-16-7-8-19-13(16)11-12(18)17(14(15)20-11)9-10-5-3-2-4-6-10/h2-8,15H,9H2,1H3/b13-11+,15-14?. The third kappa shape index (κ3) is 2.36. The fourth-order valence-electron chi connectivity index (χ4n) is 2.01. The molecule has 3 rings (SSSR count). The highest BCUT2D eigenvalue weighted by Gasteiger charge is 2.36. The summed E-state index contributed by atoms with van der Waals surface area (Å²) in [6, 6.07) is 9.76. The molecule has 1 aromatic carbocycles. The van der Waals surface area contributed by atoms with Crippen LogP contribution >= 0.6 is 23.5 Å². The Morgan fingerprint density at radius 1 is 1.25 bits per heavy atom. The van der Waals surface area contributed by atoms with Crippen molar-refractivity contribution >= 4 is 34.6 Å². The van der Waals surface area contributed by atoms with Gasteiger partial charge >= 0.3 is 0 Å². The molecule has 0 bridgehead atoms. The molecular formula is C14H13N3OS2. The van der Waals surface area contributed by atoms with Crippen molar-refractivity contribution in [2.45, 2.75) is 6.54 Å². The van der Waals surface area contributed by atoms with Gasteiger partial charge in [0.15, 0.2) is 5.17 Å². The zero-order valence-corrected chi connectivity index (χ0v) is 12.5. The normalized spacial score (nSPS) is 22.2. The molecule has 0 unspecified atom stereocenters. The molecular weight excluding hydrogens is 290 g/mol. The van der Waals surface area contributed by atoms with E-state index >= 15 is 0 Å². The van der Waals surface area contributed by atoms with Gasteiger partial charge < -0.3 is 4.90 Å². The van der Waals surface area contributed by atoms with Crippen molar-refractivity contribution in [3.05, 3.63) is 57.4 Å². The maximum absolute atomic E-state index is 12.5. The lowest BCUT2D eigenvalue weighted by Crippen LogP contribution is -2.28. The quantitative estimate of drug-likeness (QED) is 0.853. The number of nitrogens with one attached hydrogen (secondary N) is 1. The lowest BCUT2D eigenvalue weighted by atomic mass is 10.2. The van der Waals surface area contributed by atoms with Gasteiger partial charge in [-0.3, -0.25) is 15.1 Å². The Labute approximate surface area is 126 Å². The second-order valence-corrected chi connectivity index (χ2v) is 6.33. The number of hydrogen-bond acceptors (Lipinski definition) is 5. The highest BCUT2D eigenvalue weighted by molar-refractivity contribution is 8.19. The predicted molar refractivity (Wildman–Crippen MR) is 83.8 cm³/mol. The van der Waals surface area contributed by atoms with Crippen LogP contribution in [0.5, 0.6) is 0 Å². The number of amidine groups is 1. The number of nitrogens with zero attached hydrogens (tertiary/aromatic N) is 2. The van der Waals surface area contributed by atoms with Crippen molar-refractivity contribution in [3.63, 3.8) is 0 Å². The summed E-state index contributed by atoms with van der Waals surface area (Å²) < 4.78 is 0. The van der Waals surface area contributed by atoms with Crippen molar-refractivity contribution in [2.24, 2.45) is 0 Å². The fourth-order valence-corrected chi connectivity index (χ4v) is 3.95. The van der Waals surface area contributed by atoms with Crippen LogP contribution in [0.25, 0.3) is 0 Å². The smallest absolute Gasteiger partial charge is 0.269 e. The van der Waals surface area contributed by atoms with Gasteiger partial charge in [-0.05, 0) is 22.7 Å². The Kier molecular flexibility index (Phi) is 3.58. The molecule has 4 nitrogen and oxygen atoms in total. The minimum Gasteiger partial charge on any atom is -0.344 e. The summed E-state index contributed by atoms with van der Waals surface area (Å²) in [6.45, 7) is 0.449. The SMILES string of the molecule is CN1C=CS/C1=C1/SC(=N)N(Cc2ccccc2)C1=O. The summed E-state index contributed by atoms with van der Waals surface area (Å²) in [5.41, 5.74) is 1.03. The third-order valence-electron chi connectivity index (χ3n) is 3.05. The lowest BCUT2D eigenvalue weighted by Gasteiger charge is -2.15. The van der Waals surface area contributed by atoms with Gasteiger partial charge in [0.1, 0.15) is 4.91 Å². The molecule has 0 aliphatic carbocycles. The average Bonchev–Trinajstić information content (AvgIpc) is 2.98. The first-order valence-electron chi connectivity index (χ1n) is 6.09. The van der Waals surface area contributed by atoms with Crippen LogP contribution in [0.1, 0.15) is 5.56 Å². The van der Waals surface area contributed by atoms with E-state index in [2.05, 4.69) is 0 Å². The van der Waals surface area contributed by atoms with Gasteiger partial charge in [-0.15, -0.1) is 0 Å². The van der Waals surface area contributed by atoms with E-state index < -0.39 is 0 Å². The van der Waals surface area contributed by atoms with E-state index in [4.69, 9.17) is 5.41 Å². The Morgan fingerprint density at radius 2 is 2.00 bits per heavy atom. The first-order chi connectivity index (χ1) is 9.66. The molecule has 0 radical (unpaired) electrons. The van der Waals surface area contributed by atoms with Crippen LogP contribution in [-0.2, 0) is 11.3 Å². The number of amides is 1. The highest BCUT2D eigenvalue weighted by atomic mass is 32.2. The van der Waals surface area contributed by atoms with E-state index in [9.17, 15) is 4.79 Å². The van der Waals surface area contributed by atoms with Gasteiger partial charge in [0, 0.05) is 13.2 Å². The number of benzene rings is 1. The largest absolute Gasteiger partial charge is 0.344 e. The fraction of sp³-hybridized carbons (Fsp3) is 0.143. The maximum atomic E-state index is 12.5. The van der Waals surface area contributed by atoms with Crippen molar-refractivity contribution in [1.82, 2.24) is 9.80 Å². The second-order valence-electron chi connectivity index (χ2n) is 4.43. The first-order valence-corrected chi connectivity index (χ1v) is 7.79. The molecule has 2 aliphatic heterocycles. The Balaban J connectivity index is 1.85. The zero-order chi connectivity index (χ0) is 14.1.